The van der Waals surface area contributed by atoms with Gasteiger partial charge in [-0.25, -0.2) is 4.42 Å². The number of ether oxygens (including phenoxy) is 1. The molecule has 2 heterocycles. The standard InChI is InChI=1S/C44H52N2O4/c1-5-45(6-2)33-19-21-35-31(25-39(49-41(35)27-33)29-15-11-9-12-16-29)23-37-43(47)38(44(37)48)24-32-26-40(30-17-13-10-14-18-30)50-42-28-34(20-22-36(32)42)46(7-3)8-4/h19-30H,5-18H2,1-4H3/p+2. The van der Waals surface area contributed by atoms with Crippen LogP contribution in [0.3, 0.4) is 0 Å². The fourth-order valence-electron chi connectivity index (χ4n) is 8.47. The Hall–Kier alpha value is -4.32. The van der Waals surface area contributed by atoms with Crippen molar-refractivity contribution in [3.8, 4) is 5.75 Å². The lowest BCUT2D eigenvalue weighted by Gasteiger charge is -2.30. The maximum atomic E-state index is 11.5. The number of ketones is 1. The molecule has 3 aliphatic carbocycles. The maximum Gasteiger partial charge on any atom is 0.362 e. The Morgan fingerprint density at radius 3 is 2.04 bits per heavy atom. The maximum absolute atomic E-state index is 11.5. The minimum absolute atomic E-state index is 0.114. The summed E-state index contributed by atoms with van der Waals surface area (Å²) in [5.41, 5.74) is 6.94. The first kappa shape index (κ1) is 34.1. The largest absolute Gasteiger partial charge is 0.506 e. The minimum Gasteiger partial charge on any atom is -0.506 e. The van der Waals surface area contributed by atoms with Gasteiger partial charge >= 0.3 is 17.1 Å². The Balaban J connectivity index is 1.28. The molecule has 2 aromatic carbocycles. The summed E-state index contributed by atoms with van der Waals surface area (Å²) in [7, 11) is 0. The summed E-state index contributed by atoms with van der Waals surface area (Å²) in [5.74, 6) is 3.82. The summed E-state index contributed by atoms with van der Waals surface area (Å²) in [5, 5.41) is 12.5. The predicted octanol–water partition coefficient (Wildman–Crippen LogP) is 11.1. The van der Waals surface area contributed by atoms with E-state index in [9.17, 15) is 9.90 Å². The molecular formula is C44H54N2O4+2. The number of hydrogen-bond acceptors (Lipinski definition) is 4. The van der Waals surface area contributed by atoms with Gasteiger partial charge in [0.05, 0.1) is 17.4 Å². The van der Waals surface area contributed by atoms with Gasteiger partial charge in [-0.3, -0.25) is 4.79 Å². The lowest BCUT2D eigenvalue weighted by Crippen LogP contribution is -2.23. The molecule has 2 fully saturated rings. The number of fused-ring (bicyclic) bond motifs is 2. The SMILES string of the molecule is CCN(CC)c1ccc2c(c1)OC(C1CCCCC1)=CC2=CC1=C(O)C(=Cc2cc(C3CCCCC3)[o+]c3cc(N(CC)CC)ccc23)C1=[OH+]. The molecule has 1 aromatic heterocycles. The van der Waals surface area contributed by atoms with Crippen LogP contribution in [-0.2, 0) is 0 Å². The third-order valence-electron chi connectivity index (χ3n) is 11.5. The van der Waals surface area contributed by atoms with Crippen LogP contribution in [0, 0.1) is 5.92 Å². The Morgan fingerprint density at radius 2 is 1.40 bits per heavy atom. The van der Waals surface area contributed by atoms with Crippen molar-refractivity contribution >= 4 is 39.8 Å². The van der Waals surface area contributed by atoms with E-state index < -0.39 is 0 Å². The minimum atomic E-state index is 0.114. The lowest BCUT2D eigenvalue weighted by atomic mass is 9.82. The zero-order valence-corrected chi connectivity index (χ0v) is 30.4. The van der Waals surface area contributed by atoms with Gasteiger partial charge in [-0.2, -0.15) is 0 Å². The Morgan fingerprint density at radius 1 is 0.780 bits per heavy atom. The van der Waals surface area contributed by atoms with Gasteiger partial charge in [0.15, 0.2) is 0 Å². The molecule has 1 aliphatic heterocycles. The Bertz CT molecular complexity index is 1880. The zero-order chi connectivity index (χ0) is 34.8. The fraction of sp³-hybridized carbons (Fsp3) is 0.455. The summed E-state index contributed by atoms with van der Waals surface area (Å²) in [6.45, 7) is 12.4. The monoisotopic (exact) mass is 674 g/mol. The quantitative estimate of drug-likeness (QED) is 0.171. The number of nitrogens with zero attached hydrogens (tertiary/aromatic N) is 2. The Labute approximate surface area is 297 Å². The van der Waals surface area contributed by atoms with E-state index in [0.29, 0.717) is 23.0 Å². The predicted molar refractivity (Wildman–Crippen MR) is 208 cm³/mol. The van der Waals surface area contributed by atoms with Gasteiger partial charge in [0.25, 0.3) is 0 Å². The van der Waals surface area contributed by atoms with Crippen molar-refractivity contribution in [2.45, 2.75) is 97.8 Å². The molecule has 50 heavy (non-hydrogen) atoms. The number of hydrogen-bond donors (Lipinski definition) is 1. The highest BCUT2D eigenvalue weighted by Crippen LogP contribution is 2.44. The topological polar surface area (TPSA) is 68.6 Å². The molecule has 262 valence electrons. The van der Waals surface area contributed by atoms with Crippen molar-refractivity contribution < 1.29 is 19.1 Å². The molecule has 7 rings (SSSR count). The average molecular weight is 675 g/mol. The average Bonchev–Trinajstić information content (AvgIpc) is 3.17. The second-order valence-corrected chi connectivity index (χ2v) is 14.4. The van der Waals surface area contributed by atoms with Crippen LogP contribution >= 0.6 is 0 Å². The highest BCUT2D eigenvalue weighted by molar-refractivity contribution is 6.25. The van der Waals surface area contributed by atoms with E-state index in [1.54, 1.807) is 0 Å². The van der Waals surface area contributed by atoms with Crippen molar-refractivity contribution in [3.63, 3.8) is 0 Å². The molecule has 4 aliphatic rings. The molecule has 2 saturated carbocycles. The van der Waals surface area contributed by atoms with E-state index in [2.05, 4.69) is 86.0 Å². The second-order valence-electron chi connectivity index (χ2n) is 14.4. The highest BCUT2D eigenvalue weighted by Gasteiger charge is 2.40. The van der Waals surface area contributed by atoms with Crippen LogP contribution < -0.4 is 14.5 Å². The van der Waals surface area contributed by atoms with E-state index in [4.69, 9.17) is 9.15 Å². The first-order valence-electron chi connectivity index (χ1n) is 19.3. The molecular weight excluding hydrogens is 620 g/mol. The van der Waals surface area contributed by atoms with Gasteiger partial charge in [0, 0.05) is 66.7 Å². The number of carbonyl (C=O) groups excluding carboxylic acids is 1. The third kappa shape index (κ3) is 6.61. The zero-order valence-electron chi connectivity index (χ0n) is 30.4. The van der Waals surface area contributed by atoms with Crippen LogP contribution in [0.2, 0.25) is 0 Å². The van der Waals surface area contributed by atoms with Crippen LogP contribution in [0.4, 0.5) is 11.4 Å². The molecule has 0 saturated heterocycles. The van der Waals surface area contributed by atoms with E-state index >= 15 is 0 Å². The van der Waals surface area contributed by atoms with Crippen LogP contribution in [-0.4, -0.2) is 41.9 Å². The number of rotatable bonds is 10. The molecule has 0 spiro atoms. The summed E-state index contributed by atoms with van der Waals surface area (Å²) in [6, 6.07) is 15.0. The molecule has 6 heteroatoms. The first-order chi connectivity index (χ1) is 24.4. The highest BCUT2D eigenvalue weighted by atomic mass is 16.5. The smallest absolute Gasteiger partial charge is 0.362 e. The van der Waals surface area contributed by atoms with Crippen LogP contribution in [0.5, 0.6) is 5.75 Å². The first-order valence-corrected chi connectivity index (χ1v) is 19.3. The molecule has 0 unspecified atom stereocenters. The second kappa shape index (κ2) is 14.9. The van der Waals surface area contributed by atoms with Crippen molar-refractivity contribution in [1.82, 2.24) is 0 Å². The van der Waals surface area contributed by atoms with Crippen molar-refractivity contribution in [3.05, 3.63) is 94.2 Å². The summed E-state index contributed by atoms with van der Waals surface area (Å²) in [4.78, 5) is 16.2. The van der Waals surface area contributed by atoms with Crippen LogP contribution in [0.25, 0.3) is 22.6 Å². The molecule has 6 nitrogen and oxygen atoms in total. The van der Waals surface area contributed by atoms with Crippen molar-refractivity contribution in [1.29, 1.82) is 0 Å². The molecule has 3 aromatic rings. The number of benzene rings is 2. The van der Waals surface area contributed by atoms with E-state index in [1.165, 1.54) is 38.5 Å². The van der Waals surface area contributed by atoms with Crippen LogP contribution in [0.1, 0.15) is 115 Å². The normalized spacial score (nSPS) is 20.2. The number of aliphatic hydroxyl groups is 1. The van der Waals surface area contributed by atoms with E-state index in [-0.39, 0.29) is 11.5 Å². The van der Waals surface area contributed by atoms with Crippen molar-refractivity contribution in [2.75, 3.05) is 36.0 Å². The van der Waals surface area contributed by atoms with Crippen LogP contribution in [0.15, 0.2) is 81.7 Å². The van der Waals surface area contributed by atoms with Gasteiger partial charge in [-0.15, -0.1) is 0 Å². The number of aliphatic hydroxyl groups excluding tert-OH is 1. The van der Waals surface area contributed by atoms with Gasteiger partial charge in [0.2, 0.25) is 0 Å². The summed E-state index contributed by atoms with van der Waals surface area (Å²) < 4.78 is 13.3. The van der Waals surface area contributed by atoms with E-state index in [1.807, 2.05) is 12.2 Å². The summed E-state index contributed by atoms with van der Waals surface area (Å²) >= 11 is 0. The number of allylic oxidation sites excluding steroid dienone is 6. The van der Waals surface area contributed by atoms with Gasteiger partial charge < -0.3 is 19.6 Å². The van der Waals surface area contributed by atoms with E-state index in [0.717, 1.165) is 108 Å². The number of anilines is 2. The molecule has 0 atom stereocenters. The van der Waals surface area contributed by atoms with Gasteiger partial charge in [0.1, 0.15) is 28.4 Å². The Kier molecular flexibility index (Phi) is 10.2. The lowest BCUT2D eigenvalue weighted by molar-refractivity contribution is 0.286. The molecule has 2 N–H and O–H groups in total. The molecule has 0 bridgehead atoms. The van der Waals surface area contributed by atoms with Gasteiger partial charge in [-0.1, -0.05) is 38.5 Å². The fourth-order valence-corrected chi connectivity index (χ4v) is 8.47. The molecule has 0 radical (unpaired) electrons. The third-order valence-corrected chi connectivity index (χ3v) is 11.5. The van der Waals surface area contributed by atoms with Gasteiger partial charge in [-0.05, 0) is 101 Å². The molecule has 0 amide bonds. The summed E-state index contributed by atoms with van der Waals surface area (Å²) in [6.07, 6.45) is 17.9. The van der Waals surface area contributed by atoms with Crippen molar-refractivity contribution in [2.24, 2.45) is 5.92 Å².